The van der Waals surface area contributed by atoms with Gasteiger partial charge in [-0.2, -0.15) is 0 Å². The lowest BCUT2D eigenvalue weighted by Crippen LogP contribution is -2.30. The molecule has 0 amide bonds. The van der Waals surface area contributed by atoms with Gasteiger partial charge in [0, 0.05) is 24.8 Å². The Morgan fingerprint density at radius 2 is 1.00 bits per heavy atom. The standard InChI is InChI=1S/C43H44O17/c1-8-37(44)52-20-12-11-19-51-23-32(56-39(46)10-3)24-53-42(49)59-33-15-13-30(21-26(33)4)40(47)57-35-17-18-36(29(7)28(35)6)58-41(48)31-14-16-34(27(5)22-31)60-43(50)55-25-54-38(45)9-2/h8-10,13-18,21-22,32H,1-3,11-12,19-20,23-25H2,4-7H3. The van der Waals surface area contributed by atoms with Crippen molar-refractivity contribution in [1.82, 2.24) is 0 Å². The van der Waals surface area contributed by atoms with Crippen LogP contribution in [0.25, 0.3) is 0 Å². The molecular weight excluding hydrogens is 788 g/mol. The first-order valence-corrected chi connectivity index (χ1v) is 18.1. The third-order valence-electron chi connectivity index (χ3n) is 8.08. The average molecular weight is 833 g/mol. The maximum Gasteiger partial charge on any atom is 0.516 e. The van der Waals surface area contributed by atoms with Crippen molar-refractivity contribution in [2.24, 2.45) is 0 Å². The lowest BCUT2D eigenvalue weighted by Gasteiger charge is -2.17. The van der Waals surface area contributed by atoms with Gasteiger partial charge in [-0.25, -0.2) is 33.6 Å². The molecule has 0 heterocycles. The van der Waals surface area contributed by atoms with Gasteiger partial charge < -0.3 is 47.4 Å². The predicted octanol–water partition coefficient (Wildman–Crippen LogP) is 6.70. The summed E-state index contributed by atoms with van der Waals surface area (Å²) in [6.07, 6.45) is 0.791. The summed E-state index contributed by atoms with van der Waals surface area (Å²) in [4.78, 5) is 84.5. The van der Waals surface area contributed by atoms with Crippen LogP contribution in [0, 0.1) is 27.7 Å². The van der Waals surface area contributed by atoms with E-state index in [1.807, 2.05) is 0 Å². The molecule has 17 nitrogen and oxygen atoms in total. The van der Waals surface area contributed by atoms with E-state index in [1.54, 1.807) is 27.7 Å². The topological polar surface area (TPSA) is 212 Å². The highest BCUT2D eigenvalue weighted by atomic mass is 16.8. The molecular formula is C43H44O17. The Morgan fingerprint density at radius 1 is 0.533 bits per heavy atom. The molecule has 17 heteroatoms. The quantitative estimate of drug-likeness (QED) is 0.0208. The predicted molar refractivity (Wildman–Crippen MR) is 210 cm³/mol. The van der Waals surface area contributed by atoms with Gasteiger partial charge in [-0.3, -0.25) is 0 Å². The maximum atomic E-state index is 13.1. The van der Waals surface area contributed by atoms with Gasteiger partial charge in [-0.15, -0.1) is 0 Å². The smallest absolute Gasteiger partial charge is 0.463 e. The van der Waals surface area contributed by atoms with Gasteiger partial charge in [-0.1, -0.05) is 19.7 Å². The van der Waals surface area contributed by atoms with Crippen molar-refractivity contribution < 1.29 is 80.9 Å². The normalized spacial score (nSPS) is 10.8. The second-order valence-electron chi connectivity index (χ2n) is 12.4. The fourth-order valence-electron chi connectivity index (χ4n) is 4.77. The molecule has 3 aromatic carbocycles. The zero-order chi connectivity index (χ0) is 44.2. The Hall–Kier alpha value is -7.27. The van der Waals surface area contributed by atoms with Crippen molar-refractivity contribution in [1.29, 1.82) is 0 Å². The van der Waals surface area contributed by atoms with E-state index in [0.717, 1.165) is 18.2 Å². The first kappa shape index (κ1) is 47.1. The number of rotatable bonds is 21. The summed E-state index contributed by atoms with van der Waals surface area (Å²) in [5.74, 6) is -2.90. The molecule has 0 aromatic heterocycles. The minimum Gasteiger partial charge on any atom is -0.463 e. The number of aryl methyl sites for hydroxylation is 2. The van der Waals surface area contributed by atoms with Crippen LogP contribution >= 0.6 is 0 Å². The number of benzene rings is 3. The summed E-state index contributed by atoms with van der Waals surface area (Å²) < 4.78 is 51.6. The molecule has 0 saturated carbocycles. The Morgan fingerprint density at radius 3 is 1.50 bits per heavy atom. The van der Waals surface area contributed by atoms with Crippen LogP contribution in [0.3, 0.4) is 0 Å². The summed E-state index contributed by atoms with van der Waals surface area (Å²) in [6.45, 7) is 15.7. The highest BCUT2D eigenvalue weighted by molar-refractivity contribution is 5.93. The van der Waals surface area contributed by atoms with Crippen LogP contribution in [-0.4, -0.2) is 81.5 Å². The number of hydrogen-bond acceptors (Lipinski definition) is 17. The molecule has 0 bridgehead atoms. The molecule has 1 unspecified atom stereocenters. The minimum atomic E-state index is -1.13. The van der Waals surface area contributed by atoms with Crippen molar-refractivity contribution in [3.8, 4) is 23.0 Å². The molecule has 3 rings (SSSR count). The summed E-state index contributed by atoms with van der Waals surface area (Å²) in [5.41, 5.74) is 2.12. The van der Waals surface area contributed by atoms with E-state index < -0.39 is 61.7 Å². The van der Waals surface area contributed by atoms with Crippen LogP contribution in [0.1, 0.15) is 55.8 Å². The number of esters is 5. The lowest BCUT2D eigenvalue weighted by molar-refractivity contribution is -0.149. The van der Waals surface area contributed by atoms with E-state index in [4.69, 9.17) is 37.9 Å². The van der Waals surface area contributed by atoms with Crippen LogP contribution < -0.4 is 18.9 Å². The molecule has 318 valence electrons. The minimum absolute atomic E-state index is 0.0893. The molecule has 0 saturated heterocycles. The van der Waals surface area contributed by atoms with Crippen molar-refractivity contribution in [3.05, 3.63) is 120 Å². The molecule has 0 radical (unpaired) electrons. The van der Waals surface area contributed by atoms with Gasteiger partial charge in [0.15, 0.2) is 6.10 Å². The molecule has 0 N–H and O–H groups in total. The first-order chi connectivity index (χ1) is 28.6. The van der Waals surface area contributed by atoms with Crippen LogP contribution in [0.15, 0.2) is 86.5 Å². The monoisotopic (exact) mass is 832 g/mol. The summed E-state index contributed by atoms with van der Waals surface area (Å²) >= 11 is 0. The van der Waals surface area contributed by atoms with E-state index in [1.165, 1.54) is 48.5 Å². The first-order valence-electron chi connectivity index (χ1n) is 18.1. The van der Waals surface area contributed by atoms with E-state index in [-0.39, 0.29) is 53.9 Å². The van der Waals surface area contributed by atoms with Crippen LogP contribution in [0.2, 0.25) is 0 Å². The van der Waals surface area contributed by atoms with E-state index >= 15 is 0 Å². The Bertz CT molecular complexity index is 2100. The zero-order valence-electron chi connectivity index (χ0n) is 33.4. The fraction of sp³-hybridized carbons (Fsp3) is 0.279. The molecule has 0 aliphatic carbocycles. The van der Waals surface area contributed by atoms with Crippen LogP contribution in [0.5, 0.6) is 23.0 Å². The molecule has 60 heavy (non-hydrogen) atoms. The van der Waals surface area contributed by atoms with Gasteiger partial charge >= 0.3 is 42.2 Å². The number of unbranched alkanes of at least 4 members (excludes halogenated alkanes) is 1. The highest BCUT2D eigenvalue weighted by Gasteiger charge is 2.21. The maximum absolute atomic E-state index is 13.1. The summed E-state index contributed by atoms with van der Waals surface area (Å²) in [6, 6.07) is 11.4. The number of carbonyl (C=O) groups is 7. The molecule has 0 aliphatic rings. The SMILES string of the molecule is C=CC(=O)OCCCCOCC(COC(=O)Oc1ccc(C(=O)Oc2ccc(OC(=O)c3ccc(OC(=O)OCOC(=O)C=C)c(C)c3)c(C)c2C)cc1C)OC(=O)C=C. The number of ether oxygens (including phenoxy) is 10. The van der Waals surface area contributed by atoms with Crippen LogP contribution in [0.4, 0.5) is 9.59 Å². The van der Waals surface area contributed by atoms with Gasteiger partial charge in [0.1, 0.15) is 29.6 Å². The average Bonchev–Trinajstić information content (AvgIpc) is 3.23. The second-order valence-corrected chi connectivity index (χ2v) is 12.4. The highest BCUT2D eigenvalue weighted by Crippen LogP contribution is 2.31. The molecule has 0 aliphatic heterocycles. The Kier molecular flexibility index (Phi) is 18.7. The van der Waals surface area contributed by atoms with Crippen molar-refractivity contribution in [3.63, 3.8) is 0 Å². The molecule has 3 aromatic rings. The molecule has 0 fully saturated rings. The number of carbonyl (C=O) groups excluding carboxylic acids is 7. The van der Waals surface area contributed by atoms with Crippen molar-refractivity contribution >= 4 is 42.2 Å². The Balaban J connectivity index is 1.54. The molecule has 0 spiro atoms. The molecule has 1 atom stereocenters. The number of hydrogen-bond donors (Lipinski definition) is 0. The third-order valence-corrected chi connectivity index (χ3v) is 8.08. The van der Waals surface area contributed by atoms with Gasteiger partial charge in [0.2, 0.25) is 6.79 Å². The third kappa shape index (κ3) is 15.2. The summed E-state index contributed by atoms with van der Waals surface area (Å²) in [7, 11) is 0. The van der Waals surface area contributed by atoms with E-state index in [9.17, 15) is 33.6 Å². The second kappa shape index (κ2) is 23.8. The van der Waals surface area contributed by atoms with Crippen LogP contribution in [-0.2, 0) is 42.8 Å². The lowest BCUT2D eigenvalue weighted by atomic mass is 10.1. The van der Waals surface area contributed by atoms with Gasteiger partial charge in [0.25, 0.3) is 0 Å². The zero-order valence-corrected chi connectivity index (χ0v) is 33.4. The largest absolute Gasteiger partial charge is 0.516 e. The fourth-order valence-corrected chi connectivity index (χ4v) is 4.77. The van der Waals surface area contributed by atoms with E-state index in [0.29, 0.717) is 35.1 Å². The Labute approximate surface area is 345 Å². The summed E-state index contributed by atoms with van der Waals surface area (Å²) in [5, 5.41) is 0. The van der Waals surface area contributed by atoms with Crippen molar-refractivity contribution in [2.45, 2.75) is 46.6 Å². The van der Waals surface area contributed by atoms with Gasteiger partial charge in [-0.05, 0) is 111 Å². The van der Waals surface area contributed by atoms with Crippen molar-refractivity contribution in [2.75, 3.05) is 33.2 Å². The van der Waals surface area contributed by atoms with Gasteiger partial charge in [0.05, 0.1) is 24.3 Å². The van der Waals surface area contributed by atoms with E-state index in [2.05, 4.69) is 29.2 Å².